The largest absolute Gasteiger partial charge is 0.493 e. The highest BCUT2D eigenvalue weighted by molar-refractivity contribution is 7.98. The smallest absolute Gasteiger partial charge is 0.162 e. The molecule has 146 valence electrons. The first-order chi connectivity index (χ1) is 13.8. The summed E-state index contributed by atoms with van der Waals surface area (Å²) >= 11 is 3.37. The molecule has 1 aromatic heterocycles. The van der Waals surface area contributed by atoms with Crippen LogP contribution in [-0.4, -0.2) is 31.9 Å². The lowest BCUT2D eigenvalue weighted by Gasteiger charge is -2.18. The lowest BCUT2D eigenvalue weighted by molar-refractivity contribution is 0.171. The number of fused-ring (bicyclic) bond motifs is 1. The SMILES string of the molecule is CCOc1ccc(-c2nc(CSc3ccc4c(c3)OCCO4)cs2)cc1OC. The van der Waals surface area contributed by atoms with E-state index in [2.05, 4.69) is 11.4 Å². The van der Waals surface area contributed by atoms with E-state index in [-0.39, 0.29) is 0 Å². The van der Waals surface area contributed by atoms with Crippen LogP contribution in [0.1, 0.15) is 12.6 Å². The molecule has 0 saturated carbocycles. The van der Waals surface area contributed by atoms with Gasteiger partial charge in [-0.25, -0.2) is 4.98 Å². The molecule has 0 N–H and O–H groups in total. The van der Waals surface area contributed by atoms with Gasteiger partial charge in [0.25, 0.3) is 0 Å². The van der Waals surface area contributed by atoms with Crippen molar-refractivity contribution < 1.29 is 18.9 Å². The molecule has 0 radical (unpaired) electrons. The van der Waals surface area contributed by atoms with Gasteiger partial charge < -0.3 is 18.9 Å². The number of hydrogen-bond donors (Lipinski definition) is 0. The number of ether oxygens (including phenoxy) is 4. The van der Waals surface area contributed by atoms with E-state index in [1.54, 1.807) is 30.2 Å². The standard InChI is InChI=1S/C21H21NO4S2/c1-3-24-17-6-4-14(10-19(17)23-2)21-22-15(13-28-21)12-27-16-5-7-18-20(11-16)26-9-8-25-18/h4-7,10-11,13H,3,8-9,12H2,1-2H3. The van der Waals surface area contributed by atoms with Crippen molar-refractivity contribution in [2.45, 2.75) is 17.6 Å². The second-order valence-electron chi connectivity index (χ2n) is 6.04. The molecule has 2 aromatic carbocycles. The number of nitrogens with zero attached hydrogens (tertiary/aromatic N) is 1. The molecule has 28 heavy (non-hydrogen) atoms. The van der Waals surface area contributed by atoms with Crippen molar-refractivity contribution in [3.8, 4) is 33.6 Å². The molecule has 1 aliphatic heterocycles. The van der Waals surface area contributed by atoms with Crippen LogP contribution in [0.4, 0.5) is 0 Å². The molecule has 0 fully saturated rings. The molecule has 5 nitrogen and oxygen atoms in total. The average Bonchev–Trinajstić information content (AvgIpc) is 3.21. The van der Waals surface area contributed by atoms with Crippen molar-refractivity contribution in [1.29, 1.82) is 0 Å². The first kappa shape index (κ1) is 19.0. The first-order valence-corrected chi connectivity index (χ1v) is 10.9. The predicted octanol–water partition coefficient (Wildman–Crippen LogP) is 5.28. The Morgan fingerprint density at radius 2 is 1.93 bits per heavy atom. The summed E-state index contributed by atoms with van der Waals surface area (Å²) < 4.78 is 22.3. The van der Waals surface area contributed by atoms with Crippen LogP contribution in [-0.2, 0) is 5.75 Å². The van der Waals surface area contributed by atoms with Crippen LogP contribution in [0.2, 0.25) is 0 Å². The average molecular weight is 416 g/mol. The lowest BCUT2D eigenvalue weighted by Crippen LogP contribution is -2.15. The highest BCUT2D eigenvalue weighted by atomic mass is 32.2. The molecule has 7 heteroatoms. The number of thiazole rings is 1. The predicted molar refractivity (Wildman–Crippen MR) is 112 cm³/mol. The summed E-state index contributed by atoms with van der Waals surface area (Å²) in [4.78, 5) is 5.92. The maximum absolute atomic E-state index is 5.65. The van der Waals surface area contributed by atoms with E-state index in [1.807, 2.05) is 37.3 Å². The van der Waals surface area contributed by atoms with Crippen LogP contribution in [0.15, 0.2) is 46.7 Å². The summed E-state index contributed by atoms with van der Waals surface area (Å²) in [6, 6.07) is 12.0. The Morgan fingerprint density at radius 3 is 2.75 bits per heavy atom. The molecule has 0 saturated heterocycles. The van der Waals surface area contributed by atoms with Crippen LogP contribution in [0.5, 0.6) is 23.0 Å². The summed E-state index contributed by atoms with van der Waals surface area (Å²) in [5.41, 5.74) is 2.08. The summed E-state index contributed by atoms with van der Waals surface area (Å²) in [6.07, 6.45) is 0. The van der Waals surface area contributed by atoms with E-state index in [0.29, 0.717) is 19.8 Å². The third kappa shape index (κ3) is 4.20. The van der Waals surface area contributed by atoms with Crippen LogP contribution in [0, 0.1) is 0 Å². The Bertz CT molecular complexity index is 957. The Balaban J connectivity index is 1.44. The maximum atomic E-state index is 5.65. The maximum Gasteiger partial charge on any atom is 0.162 e. The zero-order chi connectivity index (χ0) is 19.3. The van der Waals surface area contributed by atoms with Crippen molar-refractivity contribution in [3.05, 3.63) is 47.5 Å². The molecule has 2 heterocycles. The number of benzene rings is 2. The van der Waals surface area contributed by atoms with Gasteiger partial charge in [-0.05, 0) is 43.3 Å². The summed E-state index contributed by atoms with van der Waals surface area (Å²) in [6.45, 7) is 3.77. The number of rotatable bonds is 7. The molecule has 4 rings (SSSR count). The Morgan fingerprint density at radius 1 is 1.07 bits per heavy atom. The van der Waals surface area contributed by atoms with E-state index < -0.39 is 0 Å². The Labute approximate surface area is 172 Å². The summed E-state index contributed by atoms with van der Waals surface area (Å²) in [7, 11) is 1.65. The molecule has 0 bridgehead atoms. The summed E-state index contributed by atoms with van der Waals surface area (Å²) in [5, 5.41) is 3.07. The van der Waals surface area contributed by atoms with Gasteiger partial charge in [-0.1, -0.05) is 0 Å². The van der Waals surface area contributed by atoms with Gasteiger partial charge in [-0.15, -0.1) is 23.1 Å². The fourth-order valence-electron chi connectivity index (χ4n) is 2.85. The van der Waals surface area contributed by atoms with Gasteiger partial charge in [0.05, 0.1) is 19.4 Å². The number of thioether (sulfide) groups is 1. The Kier molecular flexibility index (Phi) is 5.92. The minimum Gasteiger partial charge on any atom is -0.493 e. The van der Waals surface area contributed by atoms with E-state index in [1.165, 1.54) is 0 Å². The van der Waals surface area contributed by atoms with Crippen LogP contribution in [0.25, 0.3) is 10.6 Å². The molecular weight excluding hydrogens is 394 g/mol. The van der Waals surface area contributed by atoms with Crippen molar-refractivity contribution in [1.82, 2.24) is 4.98 Å². The Hall–Kier alpha value is -2.38. The minimum atomic E-state index is 0.599. The monoisotopic (exact) mass is 415 g/mol. The lowest BCUT2D eigenvalue weighted by atomic mass is 10.2. The van der Waals surface area contributed by atoms with Crippen molar-refractivity contribution in [2.75, 3.05) is 26.9 Å². The van der Waals surface area contributed by atoms with Gasteiger partial charge in [0.2, 0.25) is 0 Å². The highest BCUT2D eigenvalue weighted by Crippen LogP contribution is 2.37. The van der Waals surface area contributed by atoms with Crippen LogP contribution >= 0.6 is 23.1 Å². The number of aromatic nitrogens is 1. The first-order valence-electron chi connectivity index (χ1n) is 9.05. The zero-order valence-corrected chi connectivity index (χ0v) is 17.4. The molecule has 0 unspecified atom stereocenters. The number of methoxy groups -OCH3 is 1. The van der Waals surface area contributed by atoms with Crippen molar-refractivity contribution in [3.63, 3.8) is 0 Å². The van der Waals surface area contributed by atoms with Crippen LogP contribution < -0.4 is 18.9 Å². The minimum absolute atomic E-state index is 0.599. The normalized spacial score (nSPS) is 12.6. The molecular formula is C21H21NO4S2. The molecule has 0 amide bonds. The van der Waals surface area contributed by atoms with Gasteiger partial charge in [0, 0.05) is 21.6 Å². The molecule has 0 atom stereocenters. The van der Waals surface area contributed by atoms with E-state index >= 15 is 0 Å². The highest BCUT2D eigenvalue weighted by Gasteiger charge is 2.13. The topological polar surface area (TPSA) is 49.8 Å². The summed E-state index contributed by atoms with van der Waals surface area (Å²) in [5.74, 6) is 3.90. The van der Waals surface area contributed by atoms with E-state index in [0.717, 1.165) is 49.9 Å². The van der Waals surface area contributed by atoms with E-state index in [9.17, 15) is 0 Å². The van der Waals surface area contributed by atoms with Gasteiger partial charge in [0.15, 0.2) is 23.0 Å². The zero-order valence-electron chi connectivity index (χ0n) is 15.8. The third-order valence-corrected chi connectivity index (χ3v) is 6.13. The van der Waals surface area contributed by atoms with Gasteiger partial charge >= 0.3 is 0 Å². The quantitative estimate of drug-likeness (QED) is 0.489. The fourth-order valence-corrected chi connectivity index (χ4v) is 4.59. The molecule has 0 aliphatic carbocycles. The van der Waals surface area contributed by atoms with Crippen LogP contribution in [0.3, 0.4) is 0 Å². The third-order valence-electron chi connectivity index (χ3n) is 4.16. The second kappa shape index (κ2) is 8.75. The van der Waals surface area contributed by atoms with Gasteiger partial charge in [-0.3, -0.25) is 0 Å². The van der Waals surface area contributed by atoms with E-state index in [4.69, 9.17) is 23.9 Å². The second-order valence-corrected chi connectivity index (χ2v) is 7.94. The van der Waals surface area contributed by atoms with Crippen molar-refractivity contribution >= 4 is 23.1 Å². The molecule has 1 aliphatic rings. The fraction of sp³-hybridized carbons (Fsp3) is 0.286. The van der Waals surface area contributed by atoms with Gasteiger partial charge in [-0.2, -0.15) is 0 Å². The number of hydrogen-bond acceptors (Lipinski definition) is 7. The molecule has 0 spiro atoms. The molecule has 3 aromatic rings. The van der Waals surface area contributed by atoms with Gasteiger partial charge in [0.1, 0.15) is 18.2 Å². The van der Waals surface area contributed by atoms with Crippen molar-refractivity contribution in [2.24, 2.45) is 0 Å².